The predicted molar refractivity (Wildman–Crippen MR) is 163 cm³/mol. The van der Waals surface area contributed by atoms with Gasteiger partial charge in [-0.25, -0.2) is 22.8 Å². The molecule has 0 aliphatic heterocycles. The molecule has 2 heterocycles. The number of ether oxygens (including phenoxy) is 2. The summed E-state index contributed by atoms with van der Waals surface area (Å²) in [6.45, 7) is 0.949. The number of fused-ring (bicyclic) bond motifs is 1. The first-order valence-electron chi connectivity index (χ1n) is 12.9. The van der Waals surface area contributed by atoms with E-state index in [0.717, 1.165) is 21.1 Å². The third-order valence-corrected chi connectivity index (χ3v) is 7.88. The monoisotopic (exact) mass is 654 g/mol. The highest BCUT2D eigenvalue weighted by atomic mass is 79.9. The largest absolute Gasteiger partial charge is 0.496 e. The molecule has 0 unspecified atom stereocenters. The number of aromatic nitrogens is 2. The highest BCUT2D eigenvalue weighted by Crippen LogP contribution is 2.37. The minimum Gasteiger partial charge on any atom is -0.496 e. The van der Waals surface area contributed by atoms with Crippen LogP contribution in [-0.2, 0) is 23.0 Å². The molecule has 218 valence electrons. The van der Waals surface area contributed by atoms with Crippen molar-refractivity contribution in [3.05, 3.63) is 94.7 Å². The number of nitrogens with zero attached hydrogens (tertiary/aromatic N) is 2. The highest BCUT2D eigenvalue weighted by Gasteiger charge is 2.16. The van der Waals surface area contributed by atoms with Gasteiger partial charge in [-0.05, 0) is 70.0 Å². The predicted octanol–water partition coefficient (Wildman–Crippen LogP) is 6.26. The summed E-state index contributed by atoms with van der Waals surface area (Å²) in [7, 11) is -1.46. The van der Waals surface area contributed by atoms with Crippen LogP contribution >= 0.6 is 15.9 Å². The van der Waals surface area contributed by atoms with Crippen LogP contribution in [0.3, 0.4) is 0 Å². The van der Waals surface area contributed by atoms with Crippen molar-refractivity contribution in [2.45, 2.75) is 13.2 Å². The van der Waals surface area contributed by atoms with Crippen molar-refractivity contribution < 1.29 is 26.7 Å². The molecule has 5 aromatic rings. The zero-order valence-corrected chi connectivity index (χ0v) is 25.3. The second-order valence-corrected chi connectivity index (χ2v) is 12.7. The molecule has 0 spiro atoms. The minimum atomic E-state index is -3.04. The van der Waals surface area contributed by atoms with E-state index >= 15 is 0 Å². The summed E-state index contributed by atoms with van der Waals surface area (Å²) < 4.78 is 54.5. The van der Waals surface area contributed by atoms with Gasteiger partial charge >= 0.3 is 0 Å². The first-order valence-corrected chi connectivity index (χ1v) is 15.8. The highest BCUT2D eigenvalue weighted by molar-refractivity contribution is 9.10. The van der Waals surface area contributed by atoms with Gasteiger partial charge in [0.1, 0.15) is 57.4 Å². The zero-order valence-electron chi connectivity index (χ0n) is 22.9. The average Bonchev–Trinajstić information content (AvgIpc) is 3.43. The van der Waals surface area contributed by atoms with E-state index < -0.39 is 9.84 Å². The standard InChI is InChI=1S/C30H28BrFN4O5S/c1-39-29-15-26-23(14-24(29)27-9-7-22(41-27)16-33-10-11-42(2,37)38)30(35-18-34-26)36-21-6-8-28(25(31)13-21)40-17-19-4-3-5-20(32)12-19/h3-9,12-15,18,33H,10-11,16-17H2,1-2H3,(H,34,35,36). The summed E-state index contributed by atoms with van der Waals surface area (Å²) in [5.74, 6) is 2.77. The van der Waals surface area contributed by atoms with E-state index in [9.17, 15) is 12.8 Å². The van der Waals surface area contributed by atoms with E-state index in [1.54, 1.807) is 19.2 Å². The molecule has 0 bridgehead atoms. The molecule has 9 nitrogen and oxygen atoms in total. The second kappa shape index (κ2) is 12.9. The molecule has 0 aliphatic carbocycles. The maximum atomic E-state index is 13.5. The van der Waals surface area contributed by atoms with Gasteiger partial charge in [0.15, 0.2) is 0 Å². The lowest BCUT2D eigenvalue weighted by atomic mass is 10.1. The number of benzene rings is 3. The molecule has 0 fully saturated rings. The molecule has 2 N–H and O–H groups in total. The fraction of sp³-hybridized carbons (Fsp3) is 0.200. The topological polar surface area (TPSA) is 116 Å². The molecular weight excluding hydrogens is 627 g/mol. The maximum Gasteiger partial charge on any atom is 0.148 e. The van der Waals surface area contributed by atoms with Gasteiger partial charge in [0.25, 0.3) is 0 Å². The van der Waals surface area contributed by atoms with Gasteiger partial charge in [0.2, 0.25) is 0 Å². The van der Waals surface area contributed by atoms with Crippen molar-refractivity contribution in [2.24, 2.45) is 0 Å². The summed E-state index contributed by atoms with van der Waals surface area (Å²) in [6, 6.07) is 19.2. The van der Waals surface area contributed by atoms with Gasteiger partial charge < -0.3 is 24.5 Å². The number of nitrogens with one attached hydrogen (secondary N) is 2. The first-order chi connectivity index (χ1) is 20.2. The van der Waals surface area contributed by atoms with E-state index in [0.29, 0.717) is 53.0 Å². The maximum absolute atomic E-state index is 13.5. The third kappa shape index (κ3) is 7.44. The fourth-order valence-electron chi connectivity index (χ4n) is 4.25. The molecular formula is C30H28BrFN4O5S. The Morgan fingerprint density at radius 2 is 1.88 bits per heavy atom. The van der Waals surface area contributed by atoms with E-state index in [4.69, 9.17) is 13.9 Å². The Kier molecular flexibility index (Phi) is 9.05. The molecule has 2 aromatic heterocycles. The number of methoxy groups -OCH3 is 1. The lowest BCUT2D eigenvalue weighted by Crippen LogP contribution is -2.21. The van der Waals surface area contributed by atoms with Gasteiger partial charge in [-0.2, -0.15) is 0 Å². The number of sulfone groups is 1. The van der Waals surface area contributed by atoms with Crippen LogP contribution in [0.1, 0.15) is 11.3 Å². The van der Waals surface area contributed by atoms with Gasteiger partial charge in [-0.3, -0.25) is 0 Å². The number of anilines is 2. The molecule has 12 heteroatoms. The third-order valence-electron chi connectivity index (χ3n) is 6.31. The van der Waals surface area contributed by atoms with Crippen LogP contribution in [0.5, 0.6) is 11.5 Å². The molecule has 5 rings (SSSR count). The van der Waals surface area contributed by atoms with Crippen LogP contribution in [0.25, 0.3) is 22.2 Å². The van der Waals surface area contributed by atoms with Crippen LogP contribution < -0.4 is 20.1 Å². The molecule has 0 amide bonds. The van der Waals surface area contributed by atoms with Crippen molar-refractivity contribution in [3.8, 4) is 22.8 Å². The van der Waals surface area contributed by atoms with E-state index in [1.165, 1.54) is 24.7 Å². The lowest BCUT2D eigenvalue weighted by molar-refractivity contribution is 0.303. The molecule has 0 radical (unpaired) electrons. The van der Waals surface area contributed by atoms with E-state index in [1.807, 2.05) is 42.5 Å². The fourth-order valence-corrected chi connectivity index (χ4v) is 5.26. The number of furan rings is 1. The van der Waals surface area contributed by atoms with E-state index in [2.05, 4.69) is 36.5 Å². The number of hydrogen-bond donors (Lipinski definition) is 2. The summed E-state index contributed by atoms with van der Waals surface area (Å²) >= 11 is 3.56. The quantitative estimate of drug-likeness (QED) is 0.150. The summed E-state index contributed by atoms with van der Waals surface area (Å²) in [5.41, 5.74) is 2.89. The van der Waals surface area contributed by atoms with Crippen molar-refractivity contribution in [1.29, 1.82) is 0 Å². The number of hydrogen-bond acceptors (Lipinski definition) is 9. The number of rotatable bonds is 12. The molecule has 0 saturated heterocycles. The van der Waals surface area contributed by atoms with Gasteiger partial charge in [0.05, 0.1) is 35.0 Å². The van der Waals surface area contributed by atoms with Gasteiger partial charge in [0, 0.05) is 29.9 Å². The summed E-state index contributed by atoms with van der Waals surface area (Å²) in [5, 5.41) is 7.18. The molecule has 0 atom stereocenters. The lowest BCUT2D eigenvalue weighted by Gasteiger charge is -2.13. The average molecular weight is 656 g/mol. The van der Waals surface area contributed by atoms with Crippen LogP contribution in [0.15, 0.2) is 81.9 Å². The van der Waals surface area contributed by atoms with Crippen LogP contribution in [0, 0.1) is 5.82 Å². The Balaban J connectivity index is 1.35. The van der Waals surface area contributed by atoms with Crippen molar-refractivity contribution in [1.82, 2.24) is 15.3 Å². The van der Waals surface area contributed by atoms with Gasteiger partial charge in [-0.1, -0.05) is 12.1 Å². The normalized spacial score (nSPS) is 11.5. The Hall–Kier alpha value is -4.00. The minimum absolute atomic E-state index is 0.0517. The SMILES string of the molecule is COc1cc2ncnc(Nc3ccc(OCc4cccc(F)c4)c(Br)c3)c2cc1-c1ccc(CNCCS(C)(=O)=O)o1. The molecule has 42 heavy (non-hydrogen) atoms. The Morgan fingerprint density at radius 3 is 2.64 bits per heavy atom. The molecule has 3 aromatic carbocycles. The van der Waals surface area contributed by atoms with Crippen LogP contribution in [0.2, 0.25) is 0 Å². The second-order valence-electron chi connectivity index (χ2n) is 9.55. The van der Waals surface area contributed by atoms with Crippen molar-refractivity contribution in [3.63, 3.8) is 0 Å². The van der Waals surface area contributed by atoms with E-state index in [-0.39, 0.29) is 18.2 Å². The Labute approximate surface area is 251 Å². The first kappa shape index (κ1) is 29.5. The van der Waals surface area contributed by atoms with Crippen LogP contribution in [-0.4, -0.2) is 44.0 Å². The summed E-state index contributed by atoms with van der Waals surface area (Å²) in [6.07, 6.45) is 2.68. The summed E-state index contributed by atoms with van der Waals surface area (Å²) in [4.78, 5) is 8.88. The van der Waals surface area contributed by atoms with Crippen molar-refractivity contribution >= 4 is 48.2 Å². The smallest absolute Gasteiger partial charge is 0.148 e. The number of halogens is 2. The Bertz CT molecular complexity index is 1830. The zero-order chi connectivity index (χ0) is 29.7. The van der Waals surface area contributed by atoms with Crippen LogP contribution in [0.4, 0.5) is 15.9 Å². The van der Waals surface area contributed by atoms with Crippen molar-refractivity contribution in [2.75, 3.05) is 31.0 Å². The van der Waals surface area contributed by atoms with Gasteiger partial charge in [-0.15, -0.1) is 0 Å². The molecule has 0 saturated carbocycles. The molecule has 0 aliphatic rings. The Morgan fingerprint density at radius 1 is 1.02 bits per heavy atom.